The van der Waals surface area contributed by atoms with Crippen molar-refractivity contribution in [3.8, 4) is 0 Å². The van der Waals surface area contributed by atoms with Crippen molar-refractivity contribution in [2.24, 2.45) is 0 Å². The molecule has 2 aromatic heterocycles. The van der Waals surface area contributed by atoms with Crippen molar-refractivity contribution in [2.75, 3.05) is 0 Å². The van der Waals surface area contributed by atoms with Crippen LogP contribution in [0.3, 0.4) is 0 Å². The first-order chi connectivity index (χ1) is 7.74. The smallest absolute Gasteiger partial charge is 0.213 e. The number of carbonyl (C=O) groups is 1. The number of aromatic nitrogens is 2. The number of rotatable bonds is 4. The molecule has 0 fully saturated rings. The lowest BCUT2D eigenvalue weighted by Crippen LogP contribution is -2.11. The lowest BCUT2D eigenvalue weighted by molar-refractivity contribution is 0.102. The van der Waals surface area contributed by atoms with Gasteiger partial charge in [-0.15, -0.1) is 0 Å². The van der Waals surface area contributed by atoms with Gasteiger partial charge in [-0.2, -0.15) is 16.4 Å². The Labute approximate surface area is 103 Å². The molecule has 0 saturated heterocycles. The van der Waals surface area contributed by atoms with Crippen LogP contribution in [0, 0.1) is 0 Å². The standard InChI is InChI=1S/C11H11ClN2OS/c1-2-4-14-10(9(12)6-13-14)11(15)8-3-5-16-7-8/h3,5-7H,2,4H2,1H3. The summed E-state index contributed by atoms with van der Waals surface area (Å²) in [4.78, 5) is 12.1. The number of carbonyl (C=O) groups excluding carboxylic acids is 1. The summed E-state index contributed by atoms with van der Waals surface area (Å²) in [6, 6.07) is 1.80. The predicted molar refractivity (Wildman–Crippen MR) is 65.3 cm³/mol. The van der Waals surface area contributed by atoms with Gasteiger partial charge in [-0.25, -0.2) is 0 Å². The summed E-state index contributed by atoms with van der Waals surface area (Å²) >= 11 is 7.49. The van der Waals surface area contributed by atoms with Crippen LogP contribution < -0.4 is 0 Å². The molecule has 0 aromatic carbocycles. The van der Waals surface area contributed by atoms with Gasteiger partial charge >= 0.3 is 0 Å². The lowest BCUT2D eigenvalue weighted by atomic mass is 10.1. The van der Waals surface area contributed by atoms with E-state index in [0.717, 1.165) is 6.42 Å². The van der Waals surface area contributed by atoms with Crippen molar-refractivity contribution in [3.05, 3.63) is 39.3 Å². The Bertz CT molecular complexity index is 490. The molecule has 2 heterocycles. The van der Waals surface area contributed by atoms with Crippen molar-refractivity contribution in [3.63, 3.8) is 0 Å². The van der Waals surface area contributed by atoms with Gasteiger partial charge in [-0.05, 0) is 17.9 Å². The zero-order valence-corrected chi connectivity index (χ0v) is 10.4. The summed E-state index contributed by atoms with van der Waals surface area (Å²) in [6.07, 6.45) is 2.44. The van der Waals surface area contributed by atoms with Gasteiger partial charge in [0.05, 0.1) is 11.2 Å². The Hall–Kier alpha value is -1.13. The highest BCUT2D eigenvalue weighted by Crippen LogP contribution is 2.20. The molecule has 0 bridgehead atoms. The molecule has 16 heavy (non-hydrogen) atoms. The lowest BCUT2D eigenvalue weighted by Gasteiger charge is -2.04. The molecule has 0 N–H and O–H groups in total. The van der Waals surface area contributed by atoms with E-state index in [0.29, 0.717) is 22.8 Å². The highest BCUT2D eigenvalue weighted by molar-refractivity contribution is 7.08. The largest absolute Gasteiger partial charge is 0.287 e. The van der Waals surface area contributed by atoms with Crippen molar-refractivity contribution < 1.29 is 4.79 Å². The molecule has 0 unspecified atom stereocenters. The summed E-state index contributed by atoms with van der Waals surface area (Å²) in [5, 5.41) is 8.22. The van der Waals surface area contributed by atoms with Gasteiger partial charge in [0.15, 0.2) is 0 Å². The molecule has 2 rings (SSSR count). The number of nitrogens with zero attached hydrogens (tertiary/aromatic N) is 2. The summed E-state index contributed by atoms with van der Waals surface area (Å²) in [7, 11) is 0. The molecule has 5 heteroatoms. The van der Waals surface area contributed by atoms with Crippen molar-refractivity contribution in [2.45, 2.75) is 19.9 Å². The Kier molecular flexibility index (Phi) is 3.41. The van der Waals surface area contributed by atoms with Crippen molar-refractivity contribution in [1.29, 1.82) is 0 Å². The monoisotopic (exact) mass is 254 g/mol. The summed E-state index contributed by atoms with van der Waals surface area (Å²) in [5.74, 6) is -0.0581. The van der Waals surface area contributed by atoms with Crippen LogP contribution >= 0.6 is 22.9 Å². The van der Waals surface area contributed by atoms with E-state index in [1.165, 1.54) is 17.5 Å². The third-order valence-corrected chi connectivity index (χ3v) is 3.19. The van der Waals surface area contributed by atoms with Crippen LogP contribution in [0.15, 0.2) is 23.0 Å². The molecular weight excluding hydrogens is 244 g/mol. The van der Waals surface area contributed by atoms with E-state index >= 15 is 0 Å². The summed E-state index contributed by atoms with van der Waals surface area (Å²) in [5.41, 5.74) is 1.16. The van der Waals surface area contributed by atoms with Gasteiger partial charge in [-0.1, -0.05) is 18.5 Å². The molecule has 0 spiro atoms. The number of aryl methyl sites for hydroxylation is 1. The van der Waals surface area contributed by atoms with E-state index < -0.39 is 0 Å². The fraction of sp³-hybridized carbons (Fsp3) is 0.273. The first-order valence-corrected chi connectivity index (χ1v) is 6.34. The quantitative estimate of drug-likeness (QED) is 0.785. The molecular formula is C11H11ClN2OS. The molecule has 0 atom stereocenters. The molecule has 0 radical (unpaired) electrons. The maximum atomic E-state index is 12.1. The third-order valence-electron chi connectivity index (χ3n) is 2.23. The van der Waals surface area contributed by atoms with Crippen LogP contribution in [-0.2, 0) is 6.54 Å². The number of thiophene rings is 1. The minimum Gasteiger partial charge on any atom is -0.287 e. The molecule has 2 aromatic rings. The van der Waals surface area contributed by atoms with Crippen molar-refractivity contribution >= 4 is 28.7 Å². The Morgan fingerprint density at radius 3 is 3.06 bits per heavy atom. The van der Waals surface area contributed by atoms with E-state index in [2.05, 4.69) is 5.10 Å². The predicted octanol–water partition coefficient (Wildman–Crippen LogP) is 3.24. The van der Waals surface area contributed by atoms with Gasteiger partial charge in [0.25, 0.3) is 0 Å². The molecule has 84 valence electrons. The van der Waals surface area contributed by atoms with Crippen molar-refractivity contribution in [1.82, 2.24) is 9.78 Å². The highest BCUT2D eigenvalue weighted by Gasteiger charge is 2.18. The third kappa shape index (κ3) is 2.03. The maximum absolute atomic E-state index is 12.1. The summed E-state index contributed by atoms with van der Waals surface area (Å²) < 4.78 is 1.67. The van der Waals surface area contributed by atoms with Crippen LogP contribution in [0.5, 0.6) is 0 Å². The number of ketones is 1. The second-order valence-corrected chi connectivity index (χ2v) is 4.59. The summed E-state index contributed by atoms with van der Waals surface area (Å²) in [6.45, 7) is 2.74. The normalized spacial score (nSPS) is 10.6. The molecule has 0 aliphatic carbocycles. The highest BCUT2D eigenvalue weighted by atomic mass is 35.5. The van der Waals surface area contributed by atoms with E-state index in [1.807, 2.05) is 17.7 Å². The minimum atomic E-state index is -0.0581. The second kappa shape index (κ2) is 4.80. The maximum Gasteiger partial charge on any atom is 0.213 e. The van der Waals surface area contributed by atoms with Gasteiger partial charge in [0.2, 0.25) is 5.78 Å². The number of halogens is 1. The van der Waals surface area contributed by atoms with Gasteiger partial charge in [0, 0.05) is 17.5 Å². The Morgan fingerprint density at radius 2 is 2.44 bits per heavy atom. The average Bonchev–Trinajstić information content (AvgIpc) is 2.88. The first-order valence-electron chi connectivity index (χ1n) is 5.02. The fourth-order valence-corrected chi connectivity index (χ4v) is 2.36. The molecule has 0 aliphatic heterocycles. The number of hydrogen-bond donors (Lipinski definition) is 0. The molecule has 0 saturated carbocycles. The second-order valence-electron chi connectivity index (χ2n) is 3.41. The first kappa shape index (κ1) is 11.4. The van der Waals surface area contributed by atoms with Gasteiger partial charge in [0.1, 0.15) is 5.69 Å². The van der Waals surface area contributed by atoms with E-state index in [1.54, 1.807) is 10.7 Å². The SMILES string of the molecule is CCCn1ncc(Cl)c1C(=O)c1ccsc1. The topological polar surface area (TPSA) is 34.9 Å². The average molecular weight is 255 g/mol. The Morgan fingerprint density at radius 1 is 1.62 bits per heavy atom. The van der Waals surface area contributed by atoms with E-state index in [-0.39, 0.29) is 5.78 Å². The fourth-order valence-electron chi connectivity index (χ4n) is 1.50. The zero-order valence-electron chi connectivity index (χ0n) is 8.81. The van der Waals surface area contributed by atoms with Gasteiger partial charge < -0.3 is 0 Å². The molecule has 3 nitrogen and oxygen atoms in total. The zero-order chi connectivity index (χ0) is 11.5. The van der Waals surface area contributed by atoms with Crippen LogP contribution in [0.25, 0.3) is 0 Å². The van der Waals surface area contributed by atoms with Crippen LogP contribution in [-0.4, -0.2) is 15.6 Å². The van der Waals surface area contributed by atoms with E-state index in [9.17, 15) is 4.79 Å². The van der Waals surface area contributed by atoms with Gasteiger partial charge in [-0.3, -0.25) is 9.48 Å². The number of hydrogen-bond acceptors (Lipinski definition) is 3. The molecule has 0 aliphatic rings. The van der Waals surface area contributed by atoms with Crippen LogP contribution in [0.1, 0.15) is 29.4 Å². The Balaban J connectivity index is 2.39. The van der Waals surface area contributed by atoms with Crippen LogP contribution in [0.2, 0.25) is 5.02 Å². The minimum absolute atomic E-state index is 0.0581. The van der Waals surface area contributed by atoms with E-state index in [4.69, 9.17) is 11.6 Å². The molecule has 0 amide bonds. The van der Waals surface area contributed by atoms with Crippen LogP contribution in [0.4, 0.5) is 0 Å².